The summed E-state index contributed by atoms with van der Waals surface area (Å²) in [6, 6.07) is 1.62. The van der Waals surface area contributed by atoms with Gasteiger partial charge in [0.25, 0.3) is 5.56 Å². The van der Waals surface area contributed by atoms with Crippen LogP contribution in [-0.4, -0.2) is 71.5 Å². The van der Waals surface area contributed by atoms with E-state index in [0.717, 1.165) is 10.3 Å². The third-order valence-corrected chi connectivity index (χ3v) is 6.06. The maximum absolute atomic E-state index is 13.1. The van der Waals surface area contributed by atoms with Crippen LogP contribution in [0.3, 0.4) is 0 Å². The lowest BCUT2D eigenvalue weighted by molar-refractivity contribution is -0.138. The minimum Gasteiger partial charge on any atom is -0.383 e. The maximum atomic E-state index is 13.1. The van der Waals surface area contributed by atoms with Crippen LogP contribution >= 0.6 is 0 Å². The van der Waals surface area contributed by atoms with E-state index < -0.39 is 29.0 Å². The molecule has 2 amide bonds. The molecule has 1 aliphatic heterocycles. The molecule has 1 aliphatic rings. The number of hydrogen-bond donors (Lipinski definition) is 3. The fourth-order valence-corrected chi connectivity index (χ4v) is 3.90. The fraction of sp³-hybridized carbons (Fsp3) is 0.455. The Labute approximate surface area is 200 Å². The van der Waals surface area contributed by atoms with Gasteiger partial charge in [-0.05, 0) is 25.0 Å². The first-order valence-corrected chi connectivity index (χ1v) is 10.9. The highest BCUT2D eigenvalue weighted by Crippen LogP contribution is 2.30. The number of anilines is 3. The largest absolute Gasteiger partial charge is 0.417 e. The Morgan fingerprint density at radius 2 is 1.86 bits per heavy atom. The quantitative estimate of drug-likeness (QED) is 0.443. The molecule has 0 atom stereocenters. The predicted molar refractivity (Wildman–Crippen MR) is 128 cm³/mol. The molecule has 2 aromatic rings. The van der Waals surface area contributed by atoms with Crippen LogP contribution in [0.2, 0.25) is 0 Å². The Bertz CT molecular complexity index is 1170. The van der Waals surface area contributed by atoms with E-state index in [1.165, 1.54) is 11.9 Å². The van der Waals surface area contributed by atoms with Gasteiger partial charge >= 0.3 is 12.2 Å². The third kappa shape index (κ3) is 5.66. The van der Waals surface area contributed by atoms with E-state index in [1.54, 1.807) is 32.2 Å². The number of nitrogens with zero attached hydrogens (tertiary/aromatic N) is 5. The van der Waals surface area contributed by atoms with Crippen LogP contribution < -0.4 is 21.5 Å². The van der Waals surface area contributed by atoms with Gasteiger partial charge in [-0.1, -0.05) is 0 Å². The summed E-state index contributed by atoms with van der Waals surface area (Å²) in [4.78, 5) is 34.3. The molecule has 1 saturated heterocycles. The van der Waals surface area contributed by atoms with Gasteiger partial charge in [0.1, 0.15) is 17.3 Å². The number of rotatable bonds is 4. The summed E-state index contributed by atoms with van der Waals surface area (Å²) in [5.74, 6) is 0.503. The van der Waals surface area contributed by atoms with Crippen LogP contribution in [0.5, 0.6) is 0 Å². The number of aryl methyl sites for hydroxylation is 1. The Kier molecular flexibility index (Phi) is 7.27. The molecule has 10 nitrogen and oxygen atoms in total. The second-order valence-corrected chi connectivity index (χ2v) is 8.68. The number of urea groups is 1. The Morgan fingerprint density at radius 3 is 2.43 bits per heavy atom. The molecule has 0 saturated carbocycles. The number of amides is 2. The summed E-state index contributed by atoms with van der Waals surface area (Å²) in [6.45, 7) is 1.18. The van der Waals surface area contributed by atoms with Crippen molar-refractivity contribution >= 4 is 29.1 Å². The number of nitrogen functional groups attached to an aromatic ring is 1. The van der Waals surface area contributed by atoms with Crippen molar-refractivity contribution in [3.8, 4) is 0 Å². The van der Waals surface area contributed by atoms with Gasteiger partial charge in [-0.15, -0.1) is 0 Å². The topological polar surface area (TPSA) is 124 Å². The first kappa shape index (κ1) is 25.8. The molecule has 2 aromatic heterocycles. The summed E-state index contributed by atoms with van der Waals surface area (Å²) in [5.41, 5.74) is 5.08. The smallest absolute Gasteiger partial charge is 0.383 e. The molecule has 3 heterocycles. The number of amidine groups is 1. The van der Waals surface area contributed by atoms with Crippen molar-refractivity contribution in [2.24, 2.45) is 7.05 Å². The van der Waals surface area contributed by atoms with Gasteiger partial charge < -0.3 is 30.3 Å². The second-order valence-electron chi connectivity index (χ2n) is 8.68. The fourth-order valence-electron chi connectivity index (χ4n) is 3.90. The SMILES string of the molecule is CN(C)C(=N)c1cc(N2CCC(N(C)C(=O)Nc3cc(C(F)(F)F)cn(C)c3=O)CC2)cnc1N. The molecule has 0 aliphatic carbocycles. The lowest BCUT2D eigenvalue weighted by Gasteiger charge is -2.37. The molecule has 0 spiro atoms. The molecule has 13 heteroatoms. The summed E-state index contributed by atoms with van der Waals surface area (Å²) >= 11 is 0. The van der Waals surface area contributed by atoms with Crippen molar-refractivity contribution in [3.05, 3.63) is 46.0 Å². The van der Waals surface area contributed by atoms with E-state index in [1.807, 2.05) is 6.07 Å². The van der Waals surface area contributed by atoms with E-state index >= 15 is 0 Å². The molecule has 190 valence electrons. The molecule has 0 bridgehead atoms. The highest BCUT2D eigenvalue weighted by molar-refractivity contribution is 6.00. The molecule has 0 unspecified atom stereocenters. The molecule has 4 N–H and O–H groups in total. The summed E-state index contributed by atoms with van der Waals surface area (Å²) < 4.78 is 40.1. The highest BCUT2D eigenvalue weighted by Gasteiger charge is 2.33. The molecular formula is C22H29F3N8O2. The van der Waals surface area contributed by atoms with E-state index in [-0.39, 0.29) is 17.7 Å². The van der Waals surface area contributed by atoms with Crippen molar-refractivity contribution in [1.29, 1.82) is 5.41 Å². The van der Waals surface area contributed by atoms with E-state index in [4.69, 9.17) is 11.1 Å². The third-order valence-electron chi connectivity index (χ3n) is 6.06. The summed E-state index contributed by atoms with van der Waals surface area (Å²) in [6.07, 6.45) is -1.13. The van der Waals surface area contributed by atoms with Crippen LogP contribution in [0.15, 0.2) is 29.3 Å². The number of alkyl halides is 3. The number of halogens is 3. The van der Waals surface area contributed by atoms with Crippen LogP contribution in [0.25, 0.3) is 0 Å². The number of carbonyl (C=O) groups is 1. The molecule has 35 heavy (non-hydrogen) atoms. The minimum absolute atomic E-state index is 0.179. The van der Waals surface area contributed by atoms with Crippen LogP contribution in [0.4, 0.5) is 35.2 Å². The van der Waals surface area contributed by atoms with Crippen LogP contribution in [-0.2, 0) is 13.2 Å². The average molecular weight is 495 g/mol. The van der Waals surface area contributed by atoms with Gasteiger partial charge in [-0.25, -0.2) is 9.78 Å². The Hall–Kier alpha value is -3.77. The maximum Gasteiger partial charge on any atom is 0.417 e. The molecule has 1 fully saturated rings. The number of carbonyl (C=O) groups excluding carboxylic acids is 1. The monoisotopic (exact) mass is 494 g/mol. The lowest BCUT2D eigenvalue weighted by Crippen LogP contribution is -2.47. The number of nitrogens with two attached hydrogens (primary N) is 1. The van der Waals surface area contributed by atoms with Gasteiger partial charge in [-0.2, -0.15) is 13.2 Å². The zero-order chi connectivity index (χ0) is 26.1. The first-order chi connectivity index (χ1) is 16.3. The highest BCUT2D eigenvalue weighted by atomic mass is 19.4. The van der Waals surface area contributed by atoms with Gasteiger partial charge in [0.05, 0.1) is 23.0 Å². The van der Waals surface area contributed by atoms with Gasteiger partial charge in [0.2, 0.25) is 0 Å². The van der Waals surface area contributed by atoms with Gasteiger partial charge in [-0.3, -0.25) is 10.2 Å². The average Bonchev–Trinajstić information content (AvgIpc) is 2.80. The second kappa shape index (κ2) is 9.84. The molecular weight excluding hydrogens is 465 g/mol. The molecule has 0 aromatic carbocycles. The molecule has 0 radical (unpaired) electrons. The number of hydrogen-bond acceptors (Lipinski definition) is 6. The minimum atomic E-state index is -4.65. The van der Waals surface area contributed by atoms with E-state index in [9.17, 15) is 22.8 Å². The van der Waals surface area contributed by atoms with E-state index in [0.29, 0.717) is 43.8 Å². The summed E-state index contributed by atoms with van der Waals surface area (Å²) in [7, 11) is 6.24. The normalized spacial score (nSPS) is 14.5. The van der Waals surface area contributed by atoms with Crippen LogP contribution in [0.1, 0.15) is 24.0 Å². The van der Waals surface area contributed by atoms with Gasteiger partial charge in [0, 0.05) is 53.5 Å². The van der Waals surface area contributed by atoms with Gasteiger partial charge in [0.15, 0.2) is 0 Å². The standard InChI is InChI=1S/C22H29F3N8O2/c1-30(2)19(27)16-10-15(11-28-18(16)26)33-7-5-14(6-8-33)32(4)21(35)29-17-9-13(22(23,24)25)12-31(3)20(17)34/h9-12,14,27H,5-8H2,1-4H3,(H2,26,28)(H,29,35). The Morgan fingerprint density at radius 1 is 1.23 bits per heavy atom. The number of nitrogens with one attached hydrogen (secondary N) is 2. The predicted octanol–water partition coefficient (Wildman–Crippen LogP) is 2.40. The van der Waals surface area contributed by atoms with Crippen molar-refractivity contribution in [1.82, 2.24) is 19.4 Å². The van der Waals surface area contributed by atoms with Crippen molar-refractivity contribution < 1.29 is 18.0 Å². The Balaban J connectivity index is 1.67. The van der Waals surface area contributed by atoms with Crippen molar-refractivity contribution in [3.63, 3.8) is 0 Å². The zero-order valence-electron chi connectivity index (χ0n) is 20.0. The number of piperidine rings is 1. The first-order valence-electron chi connectivity index (χ1n) is 10.9. The number of aromatic nitrogens is 2. The van der Waals surface area contributed by atoms with Crippen LogP contribution in [0, 0.1) is 5.41 Å². The summed E-state index contributed by atoms with van der Waals surface area (Å²) in [5, 5.41) is 10.5. The lowest BCUT2D eigenvalue weighted by atomic mass is 10.0. The zero-order valence-corrected chi connectivity index (χ0v) is 20.0. The molecule has 3 rings (SSSR count). The van der Waals surface area contributed by atoms with E-state index in [2.05, 4.69) is 15.2 Å². The number of pyridine rings is 2. The van der Waals surface area contributed by atoms with Crippen molar-refractivity contribution in [2.75, 3.05) is 50.2 Å². The van der Waals surface area contributed by atoms with Crippen molar-refractivity contribution in [2.45, 2.75) is 25.1 Å².